The third-order valence-electron chi connectivity index (χ3n) is 2.80. The van der Waals surface area contributed by atoms with E-state index in [2.05, 4.69) is 15.9 Å². The van der Waals surface area contributed by atoms with E-state index in [1.54, 1.807) is 18.2 Å². The smallest absolute Gasteiger partial charge is 0.166 e. The zero-order valence-corrected chi connectivity index (χ0v) is 13.0. The summed E-state index contributed by atoms with van der Waals surface area (Å²) in [5, 5.41) is 1.20. The monoisotopic (exact) mass is 382 g/mol. The molecular weight excluding hydrogens is 376 g/mol. The lowest BCUT2D eigenvalue weighted by molar-refractivity contribution is -0.137. The van der Waals surface area contributed by atoms with Gasteiger partial charge in [-0.3, -0.25) is 0 Å². The lowest BCUT2D eigenvalue weighted by Crippen LogP contribution is -2.05. The molecule has 0 fully saturated rings. The van der Waals surface area contributed by atoms with E-state index < -0.39 is 11.7 Å². The quantitative estimate of drug-likeness (QED) is 0.514. The van der Waals surface area contributed by atoms with Crippen LogP contribution >= 0.6 is 39.1 Å². The lowest BCUT2D eigenvalue weighted by atomic mass is 9.98. The molecule has 0 aliphatic rings. The first-order valence-electron chi connectivity index (χ1n) is 5.54. The third kappa shape index (κ3) is 3.30. The number of hydrogen-bond donors (Lipinski definition) is 0. The maximum Gasteiger partial charge on any atom is 0.416 e. The van der Waals surface area contributed by atoms with Gasteiger partial charge in [0, 0.05) is 20.9 Å². The van der Waals surface area contributed by atoms with Crippen molar-refractivity contribution in [2.24, 2.45) is 0 Å². The minimum Gasteiger partial charge on any atom is -0.166 e. The Morgan fingerprint density at radius 1 is 0.950 bits per heavy atom. The first kappa shape index (κ1) is 15.7. The molecule has 0 radical (unpaired) electrons. The molecule has 0 aliphatic carbocycles. The lowest BCUT2D eigenvalue weighted by Gasteiger charge is -2.13. The Morgan fingerprint density at radius 3 is 2.25 bits per heavy atom. The van der Waals surface area contributed by atoms with Gasteiger partial charge in [0.05, 0.1) is 5.56 Å². The standard InChI is InChI=1S/C14H8BrCl2F3/c15-7-8-5-9(14(18,19)20)1-3-11(8)12-6-10(16)2-4-13(12)17/h1-6H,7H2. The summed E-state index contributed by atoms with van der Waals surface area (Å²) in [6, 6.07) is 8.45. The normalized spacial score (nSPS) is 11.7. The molecule has 0 N–H and O–H groups in total. The fraction of sp³-hybridized carbons (Fsp3) is 0.143. The van der Waals surface area contributed by atoms with Gasteiger partial charge in [-0.2, -0.15) is 13.2 Å². The summed E-state index contributed by atoms with van der Waals surface area (Å²) < 4.78 is 38.2. The molecule has 0 saturated heterocycles. The van der Waals surface area contributed by atoms with Crippen molar-refractivity contribution in [3.05, 3.63) is 57.6 Å². The molecule has 6 heteroatoms. The highest BCUT2D eigenvalue weighted by molar-refractivity contribution is 9.08. The maximum atomic E-state index is 12.7. The topological polar surface area (TPSA) is 0 Å². The second-order valence-electron chi connectivity index (χ2n) is 4.13. The van der Waals surface area contributed by atoms with Crippen LogP contribution in [0.15, 0.2) is 36.4 Å². The molecule has 2 rings (SSSR count). The molecule has 0 bridgehead atoms. The van der Waals surface area contributed by atoms with Crippen molar-refractivity contribution in [2.75, 3.05) is 0 Å². The van der Waals surface area contributed by atoms with E-state index >= 15 is 0 Å². The van der Waals surface area contributed by atoms with Gasteiger partial charge in [0.2, 0.25) is 0 Å². The molecule has 0 nitrogen and oxygen atoms in total. The van der Waals surface area contributed by atoms with Gasteiger partial charge in [-0.25, -0.2) is 0 Å². The van der Waals surface area contributed by atoms with Gasteiger partial charge in [-0.15, -0.1) is 0 Å². The third-order valence-corrected chi connectivity index (χ3v) is 3.96. The van der Waals surface area contributed by atoms with Crippen LogP contribution in [-0.2, 0) is 11.5 Å². The average Bonchev–Trinajstić information content (AvgIpc) is 2.40. The van der Waals surface area contributed by atoms with Gasteiger partial charge in [0.25, 0.3) is 0 Å². The number of rotatable bonds is 2. The molecule has 0 amide bonds. The predicted octanol–water partition coefficient (Wildman–Crippen LogP) is 6.57. The average molecular weight is 384 g/mol. The molecule has 106 valence electrons. The van der Waals surface area contributed by atoms with Gasteiger partial charge in [0.1, 0.15) is 0 Å². The Bertz CT molecular complexity index is 639. The van der Waals surface area contributed by atoms with Gasteiger partial charge < -0.3 is 0 Å². The summed E-state index contributed by atoms with van der Waals surface area (Å²) in [4.78, 5) is 0. The maximum absolute atomic E-state index is 12.7. The van der Waals surface area contributed by atoms with Crippen LogP contribution in [0.1, 0.15) is 11.1 Å². The molecule has 0 atom stereocenters. The summed E-state index contributed by atoms with van der Waals surface area (Å²) in [5.41, 5.74) is 1.06. The van der Waals surface area contributed by atoms with Crippen molar-refractivity contribution < 1.29 is 13.2 Å². The zero-order valence-electron chi connectivity index (χ0n) is 9.94. The Kier molecular flexibility index (Phi) is 4.67. The van der Waals surface area contributed by atoms with Gasteiger partial charge in [-0.1, -0.05) is 45.2 Å². The summed E-state index contributed by atoms with van der Waals surface area (Å²) >= 11 is 15.2. The molecule has 0 saturated carbocycles. The van der Waals surface area contributed by atoms with Crippen molar-refractivity contribution in [1.82, 2.24) is 0 Å². The minimum atomic E-state index is -4.37. The van der Waals surface area contributed by atoms with E-state index in [1.807, 2.05) is 0 Å². The second kappa shape index (κ2) is 5.96. The van der Waals surface area contributed by atoms with Crippen LogP contribution in [-0.4, -0.2) is 0 Å². The van der Waals surface area contributed by atoms with Crippen molar-refractivity contribution in [1.29, 1.82) is 0 Å². The van der Waals surface area contributed by atoms with Crippen LogP contribution in [0.5, 0.6) is 0 Å². The largest absolute Gasteiger partial charge is 0.416 e. The summed E-state index contributed by atoms with van der Waals surface area (Å²) in [7, 11) is 0. The highest BCUT2D eigenvalue weighted by Gasteiger charge is 2.31. The molecule has 0 heterocycles. The Morgan fingerprint density at radius 2 is 1.65 bits per heavy atom. The van der Waals surface area contributed by atoms with Gasteiger partial charge in [-0.05, 0) is 41.5 Å². The predicted molar refractivity (Wildman–Crippen MR) is 79.5 cm³/mol. The first-order chi connectivity index (χ1) is 9.32. The summed E-state index contributed by atoms with van der Waals surface area (Å²) in [5.74, 6) is 0. The second-order valence-corrected chi connectivity index (χ2v) is 5.53. The summed E-state index contributed by atoms with van der Waals surface area (Å²) in [6.07, 6.45) is -4.37. The van der Waals surface area contributed by atoms with E-state index in [0.29, 0.717) is 26.7 Å². The molecule has 0 aliphatic heterocycles. The van der Waals surface area contributed by atoms with Crippen LogP contribution in [0.25, 0.3) is 11.1 Å². The van der Waals surface area contributed by atoms with Gasteiger partial charge >= 0.3 is 6.18 Å². The number of halogens is 6. The van der Waals surface area contributed by atoms with E-state index in [4.69, 9.17) is 23.2 Å². The van der Waals surface area contributed by atoms with Gasteiger partial charge in [0.15, 0.2) is 0 Å². The first-order valence-corrected chi connectivity index (χ1v) is 7.42. The fourth-order valence-electron chi connectivity index (χ4n) is 1.85. The number of alkyl halides is 4. The van der Waals surface area contributed by atoms with Crippen molar-refractivity contribution in [2.45, 2.75) is 11.5 Å². The van der Waals surface area contributed by atoms with Crippen molar-refractivity contribution >= 4 is 39.1 Å². The fourth-order valence-corrected chi connectivity index (χ4v) is 2.70. The van der Waals surface area contributed by atoms with E-state index in [0.717, 1.165) is 12.1 Å². The number of benzene rings is 2. The van der Waals surface area contributed by atoms with E-state index in [-0.39, 0.29) is 5.33 Å². The Labute approximate surface area is 132 Å². The molecule has 2 aromatic rings. The van der Waals surface area contributed by atoms with E-state index in [1.165, 1.54) is 6.07 Å². The SMILES string of the molecule is FC(F)(F)c1ccc(-c2cc(Cl)ccc2Cl)c(CBr)c1. The Hall–Kier alpha value is -0.710. The molecule has 0 spiro atoms. The number of hydrogen-bond acceptors (Lipinski definition) is 0. The van der Waals surface area contributed by atoms with Crippen LogP contribution in [0, 0.1) is 0 Å². The van der Waals surface area contributed by atoms with Crippen LogP contribution in [0.3, 0.4) is 0 Å². The van der Waals surface area contributed by atoms with Crippen LogP contribution in [0.4, 0.5) is 13.2 Å². The van der Waals surface area contributed by atoms with Crippen LogP contribution < -0.4 is 0 Å². The molecular formula is C14H8BrCl2F3. The van der Waals surface area contributed by atoms with E-state index in [9.17, 15) is 13.2 Å². The molecule has 20 heavy (non-hydrogen) atoms. The molecule has 2 aromatic carbocycles. The Balaban J connectivity index is 2.60. The highest BCUT2D eigenvalue weighted by Crippen LogP contribution is 2.37. The highest BCUT2D eigenvalue weighted by atomic mass is 79.9. The zero-order chi connectivity index (χ0) is 14.9. The molecule has 0 unspecified atom stereocenters. The van der Waals surface area contributed by atoms with Crippen molar-refractivity contribution in [3.63, 3.8) is 0 Å². The minimum absolute atomic E-state index is 0.287. The summed E-state index contributed by atoms with van der Waals surface area (Å²) in [6.45, 7) is 0. The van der Waals surface area contributed by atoms with Crippen LogP contribution in [0.2, 0.25) is 10.0 Å². The van der Waals surface area contributed by atoms with Crippen molar-refractivity contribution in [3.8, 4) is 11.1 Å². The molecule has 0 aromatic heterocycles.